The first-order valence-corrected chi connectivity index (χ1v) is 9.90. The number of aryl methyl sites for hydroxylation is 1. The molecule has 1 fully saturated rings. The maximum Gasteiger partial charge on any atom is 0.223 e. The second-order valence-corrected chi connectivity index (χ2v) is 7.74. The van der Waals surface area contributed by atoms with E-state index in [4.69, 9.17) is 10.7 Å². The lowest BCUT2D eigenvalue weighted by Gasteiger charge is -2.29. The Bertz CT molecular complexity index is 1150. The van der Waals surface area contributed by atoms with E-state index in [1.165, 1.54) is 23.8 Å². The second-order valence-electron chi connectivity index (χ2n) is 7.74. The van der Waals surface area contributed by atoms with Crippen LogP contribution < -0.4 is 11.1 Å². The molecular formula is C22H24N6. The highest BCUT2D eigenvalue weighted by atomic mass is 15.1. The van der Waals surface area contributed by atoms with Gasteiger partial charge in [-0.2, -0.15) is 0 Å². The molecule has 2 atom stereocenters. The van der Waals surface area contributed by atoms with Gasteiger partial charge in [-0.3, -0.25) is 4.98 Å². The van der Waals surface area contributed by atoms with Gasteiger partial charge in [0, 0.05) is 52.5 Å². The van der Waals surface area contributed by atoms with E-state index < -0.39 is 0 Å². The summed E-state index contributed by atoms with van der Waals surface area (Å²) in [7, 11) is 0. The van der Waals surface area contributed by atoms with Gasteiger partial charge in [0.25, 0.3) is 0 Å². The highest BCUT2D eigenvalue weighted by molar-refractivity contribution is 5.96. The summed E-state index contributed by atoms with van der Waals surface area (Å²) in [6.45, 7) is 2.12. The summed E-state index contributed by atoms with van der Waals surface area (Å²) in [6.07, 6.45) is 10.0. The quantitative estimate of drug-likeness (QED) is 0.502. The number of hydrogen-bond donors (Lipinski definition) is 3. The van der Waals surface area contributed by atoms with Crippen LogP contribution in [0.2, 0.25) is 0 Å². The van der Waals surface area contributed by atoms with Gasteiger partial charge in [0.05, 0.1) is 11.2 Å². The van der Waals surface area contributed by atoms with Crippen molar-refractivity contribution in [1.82, 2.24) is 19.9 Å². The molecule has 0 spiro atoms. The zero-order chi connectivity index (χ0) is 19.1. The minimum atomic E-state index is 0.154. The zero-order valence-electron chi connectivity index (χ0n) is 15.9. The number of hydrogen-bond acceptors (Lipinski definition) is 5. The molecule has 1 aliphatic carbocycles. The second kappa shape index (κ2) is 6.87. The van der Waals surface area contributed by atoms with Crippen molar-refractivity contribution in [1.29, 1.82) is 0 Å². The predicted molar refractivity (Wildman–Crippen MR) is 113 cm³/mol. The van der Waals surface area contributed by atoms with Crippen LogP contribution in [-0.4, -0.2) is 32.0 Å². The smallest absolute Gasteiger partial charge is 0.223 e. The summed E-state index contributed by atoms with van der Waals surface area (Å²) >= 11 is 0. The third-order valence-corrected chi connectivity index (χ3v) is 5.80. The van der Waals surface area contributed by atoms with Crippen LogP contribution in [0.4, 0.5) is 5.95 Å². The molecule has 5 rings (SSSR count). The molecule has 1 aromatic carbocycles. The molecule has 0 radical (unpaired) electrons. The van der Waals surface area contributed by atoms with Crippen molar-refractivity contribution in [3.05, 3.63) is 48.4 Å². The van der Waals surface area contributed by atoms with E-state index in [9.17, 15) is 0 Å². The first-order chi connectivity index (χ1) is 13.7. The van der Waals surface area contributed by atoms with Gasteiger partial charge in [-0.1, -0.05) is 25.0 Å². The Morgan fingerprint density at radius 2 is 2.04 bits per heavy atom. The highest BCUT2D eigenvalue weighted by Gasteiger charge is 2.22. The van der Waals surface area contributed by atoms with Crippen LogP contribution in [0, 0.1) is 6.92 Å². The predicted octanol–water partition coefficient (Wildman–Crippen LogP) is 4.16. The number of aromatic nitrogens is 4. The van der Waals surface area contributed by atoms with Crippen molar-refractivity contribution in [3.63, 3.8) is 0 Å². The molecule has 6 heteroatoms. The summed E-state index contributed by atoms with van der Waals surface area (Å²) in [6, 6.07) is 8.84. The first kappa shape index (κ1) is 17.1. The molecule has 6 nitrogen and oxygen atoms in total. The molecular weight excluding hydrogens is 348 g/mol. The van der Waals surface area contributed by atoms with Crippen molar-refractivity contribution in [3.8, 4) is 11.3 Å². The van der Waals surface area contributed by atoms with Crippen LogP contribution in [0.1, 0.15) is 31.2 Å². The van der Waals surface area contributed by atoms with Crippen LogP contribution in [0.25, 0.3) is 33.1 Å². The van der Waals surface area contributed by atoms with E-state index in [0.29, 0.717) is 5.95 Å². The fourth-order valence-electron chi connectivity index (χ4n) is 4.18. The molecule has 0 bridgehead atoms. The van der Waals surface area contributed by atoms with E-state index >= 15 is 0 Å². The summed E-state index contributed by atoms with van der Waals surface area (Å²) < 4.78 is 0. The van der Waals surface area contributed by atoms with Gasteiger partial charge < -0.3 is 16.0 Å². The maximum absolute atomic E-state index is 6.28. The lowest BCUT2D eigenvalue weighted by atomic mass is 9.91. The Kier molecular flexibility index (Phi) is 4.20. The monoisotopic (exact) mass is 372 g/mol. The largest absolute Gasteiger partial charge is 0.354 e. The van der Waals surface area contributed by atoms with E-state index in [0.717, 1.165) is 40.5 Å². The first-order valence-electron chi connectivity index (χ1n) is 9.90. The number of aromatic amines is 1. The fourth-order valence-corrected chi connectivity index (χ4v) is 4.18. The van der Waals surface area contributed by atoms with Crippen LogP contribution in [0.3, 0.4) is 0 Å². The summed E-state index contributed by atoms with van der Waals surface area (Å²) in [5.41, 5.74) is 11.5. The van der Waals surface area contributed by atoms with Gasteiger partial charge in [-0.05, 0) is 37.5 Å². The van der Waals surface area contributed by atoms with Gasteiger partial charge >= 0.3 is 0 Å². The van der Waals surface area contributed by atoms with Crippen LogP contribution in [-0.2, 0) is 0 Å². The average molecular weight is 372 g/mol. The Morgan fingerprint density at radius 1 is 1.14 bits per heavy atom. The topological polar surface area (TPSA) is 92.5 Å². The standard InChI is InChI=1S/C22H24N6/c1-13-5-4-8-18-15(13)9-20(26-18)16-12-24-10-14-11-25-22(28-21(14)16)27-19-7-3-2-6-17(19)23/h4-5,8-12,17,19,26H,2-3,6-7,23H2,1H3,(H,25,27,28). The Labute approximate surface area is 163 Å². The van der Waals surface area contributed by atoms with E-state index in [2.05, 4.69) is 51.5 Å². The lowest BCUT2D eigenvalue weighted by Crippen LogP contribution is -2.42. The number of pyridine rings is 1. The SMILES string of the molecule is Cc1cccc2[nH]c(-c3cncc4cnc(NC5CCCCC5N)nc34)cc12. The number of rotatable bonds is 3. The minimum Gasteiger partial charge on any atom is -0.354 e. The Balaban J connectivity index is 1.57. The molecule has 142 valence electrons. The number of fused-ring (bicyclic) bond motifs is 2. The Morgan fingerprint density at radius 3 is 2.89 bits per heavy atom. The van der Waals surface area contributed by atoms with Crippen LogP contribution >= 0.6 is 0 Å². The van der Waals surface area contributed by atoms with Crippen LogP contribution in [0.5, 0.6) is 0 Å². The zero-order valence-corrected chi connectivity index (χ0v) is 15.9. The molecule has 2 unspecified atom stereocenters. The number of nitrogens with one attached hydrogen (secondary N) is 2. The molecule has 3 aromatic heterocycles. The molecule has 0 aliphatic heterocycles. The number of anilines is 1. The maximum atomic E-state index is 6.28. The molecule has 1 aliphatic rings. The number of nitrogens with two attached hydrogens (primary N) is 1. The van der Waals surface area contributed by atoms with E-state index in [1.54, 1.807) is 0 Å². The number of H-pyrrole nitrogens is 1. The van der Waals surface area contributed by atoms with Crippen molar-refractivity contribution in [2.24, 2.45) is 5.73 Å². The molecule has 0 saturated heterocycles. The van der Waals surface area contributed by atoms with Gasteiger partial charge in [-0.15, -0.1) is 0 Å². The summed E-state index contributed by atoms with van der Waals surface area (Å²) in [5, 5.41) is 5.60. The highest BCUT2D eigenvalue weighted by Crippen LogP contribution is 2.30. The molecule has 4 aromatic rings. The van der Waals surface area contributed by atoms with E-state index in [1.807, 2.05) is 18.6 Å². The molecule has 3 heterocycles. The fraction of sp³-hybridized carbons (Fsp3) is 0.318. The molecule has 0 amide bonds. The van der Waals surface area contributed by atoms with Gasteiger partial charge in [0.1, 0.15) is 0 Å². The van der Waals surface area contributed by atoms with Crippen molar-refractivity contribution < 1.29 is 0 Å². The van der Waals surface area contributed by atoms with Crippen molar-refractivity contribution >= 4 is 27.8 Å². The number of nitrogens with zero attached hydrogens (tertiary/aromatic N) is 3. The lowest BCUT2D eigenvalue weighted by molar-refractivity contribution is 0.402. The van der Waals surface area contributed by atoms with Gasteiger partial charge in [0.2, 0.25) is 5.95 Å². The third kappa shape index (κ3) is 2.99. The summed E-state index contributed by atoms with van der Waals surface area (Å²) in [5.74, 6) is 0.634. The summed E-state index contributed by atoms with van der Waals surface area (Å²) in [4.78, 5) is 17.2. The minimum absolute atomic E-state index is 0.154. The Hall–Kier alpha value is -2.99. The van der Waals surface area contributed by atoms with Gasteiger partial charge in [-0.25, -0.2) is 9.97 Å². The van der Waals surface area contributed by atoms with E-state index in [-0.39, 0.29) is 12.1 Å². The molecule has 28 heavy (non-hydrogen) atoms. The third-order valence-electron chi connectivity index (χ3n) is 5.80. The average Bonchev–Trinajstić information content (AvgIpc) is 3.15. The van der Waals surface area contributed by atoms with Crippen molar-refractivity contribution in [2.45, 2.75) is 44.7 Å². The number of benzene rings is 1. The molecule has 4 N–H and O–H groups in total. The van der Waals surface area contributed by atoms with Crippen molar-refractivity contribution in [2.75, 3.05) is 5.32 Å². The normalized spacial score (nSPS) is 19.9. The molecule has 1 saturated carbocycles. The van der Waals surface area contributed by atoms with Gasteiger partial charge in [0.15, 0.2) is 0 Å². The van der Waals surface area contributed by atoms with Crippen LogP contribution in [0.15, 0.2) is 42.9 Å².